The highest BCUT2D eigenvalue weighted by atomic mass is 19.2. The third kappa shape index (κ3) is 4.39. The Balaban J connectivity index is 1.31. The van der Waals surface area contributed by atoms with E-state index in [9.17, 15) is 13.9 Å². The molecule has 0 aliphatic carbocycles. The number of hydrogen-bond acceptors (Lipinski definition) is 7. The normalized spacial score (nSPS) is 19.4. The molecule has 5 heterocycles. The van der Waals surface area contributed by atoms with E-state index in [4.69, 9.17) is 14.5 Å². The zero-order valence-electron chi connectivity index (χ0n) is 20.1. The Morgan fingerprint density at radius 3 is 2.56 bits per heavy atom. The van der Waals surface area contributed by atoms with Crippen LogP contribution >= 0.6 is 0 Å². The van der Waals surface area contributed by atoms with Gasteiger partial charge < -0.3 is 24.5 Å². The van der Waals surface area contributed by atoms with Crippen LogP contribution in [0.15, 0.2) is 30.6 Å². The number of nitrogens with zero attached hydrogens (tertiary/aromatic N) is 4. The molecule has 190 valence electrons. The molecule has 2 fully saturated rings. The maximum absolute atomic E-state index is 14.0. The minimum Gasteiger partial charge on any atom is -0.392 e. The molecule has 10 heteroatoms. The largest absolute Gasteiger partial charge is 0.392 e. The first-order chi connectivity index (χ1) is 17.4. The van der Waals surface area contributed by atoms with Gasteiger partial charge in [0.25, 0.3) is 0 Å². The quantitative estimate of drug-likeness (QED) is 0.542. The van der Waals surface area contributed by atoms with E-state index in [0.29, 0.717) is 56.6 Å². The summed E-state index contributed by atoms with van der Waals surface area (Å²) in [5.74, 6) is -1.26. The summed E-state index contributed by atoms with van der Waals surface area (Å²) in [5, 5.41) is 13.0. The number of rotatable bonds is 6. The van der Waals surface area contributed by atoms with Gasteiger partial charge in [-0.3, -0.25) is 4.90 Å². The summed E-state index contributed by atoms with van der Waals surface area (Å²) >= 11 is 0. The van der Waals surface area contributed by atoms with Gasteiger partial charge in [-0.1, -0.05) is 0 Å². The average molecular weight is 498 g/mol. The molecule has 0 radical (unpaired) electrons. The number of aryl methyl sites for hydroxylation is 1. The molecule has 36 heavy (non-hydrogen) atoms. The van der Waals surface area contributed by atoms with Crippen LogP contribution in [-0.2, 0) is 35.7 Å². The van der Waals surface area contributed by atoms with Gasteiger partial charge in [-0.25, -0.2) is 18.7 Å². The van der Waals surface area contributed by atoms with Gasteiger partial charge in [0, 0.05) is 55.2 Å². The van der Waals surface area contributed by atoms with Crippen molar-refractivity contribution in [2.75, 3.05) is 38.3 Å². The molecule has 0 amide bonds. The first-order valence-corrected chi connectivity index (χ1v) is 12.2. The Hall–Kier alpha value is -2.92. The molecule has 0 atom stereocenters. The van der Waals surface area contributed by atoms with Crippen molar-refractivity contribution in [3.8, 4) is 11.3 Å². The minimum absolute atomic E-state index is 0.0584. The van der Waals surface area contributed by atoms with Gasteiger partial charge in [0.05, 0.1) is 44.8 Å². The summed E-state index contributed by atoms with van der Waals surface area (Å²) in [4.78, 5) is 11.5. The number of halogens is 2. The molecule has 1 spiro atoms. The fourth-order valence-electron chi connectivity index (χ4n) is 5.29. The van der Waals surface area contributed by atoms with Crippen LogP contribution in [-0.4, -0.2) is 63.6 Å². The highest BCUT2D eigenvalue weighted by Gasteiger charge is 2.43. The van der Waals surface area contributed by atoms with Crippen molar-refractivity contribution in [2.45, 2.75) is 39.2 Å². The van der Waals surface area contributed by atoms with E-state index in [-0.39, 0.29) is 18.1 Å². The van der Waals surface area contributed by atoms with Crippen LogP contribution in [0.3, 0.4) is 0 Å². The summed E-state index contributed by atoms with van der Waals surface area (Å²) in [6, 6.07) is 4.67. The molecule has 3 aromatic rings. The molecule has 3 aliphatic heterocycles. The van der Waals surface area contributed by atoms with Crippen LogP contribution in [0.25, 0.3) is 11.3 Å². The van der Waals surface area contributed by atoms with E-state index in [1.807, 2.05) is 13.1 Å². The molecule has 3 aliphatic rings. The predicted molar refractivity (Wildman–Crippen MR) is 128 cm³/mol. The Morgan fingerprint density at radius 1 is 1.11 bits per heavy atom. The molecule has 0 unspecified atom stereocenters. The third-order valence-electron chi connectivity index (χ3n) is 7.28. The molecule has 2 N–H and O–H groups in total. The monoisotopic (exact) mass is 497 g/mol. The summed E-state index contributed by atoms with van der Waals surface area (Å²) in [6.07, 6.45) is 3.97. The summed E-state index contributed by atoms with van der Waals surface area (Å²) in [5.41, 5.74) is 4.93. The van der Waals surface area contributed by atoms with Gasteiger partial charge in [0.1, 0.15) is 0 Å². The van der Waals surface area contributed by atoms with E-state index in [1.165, 1.54) is 6.07 Å². The molecule has 0 bridgehead atoms. The van der Waals surface area contributed by atoms with E-state index < -0.39 is 11.6 Å². The Kier molecular flexibility index (Phi) is 5.99. The third-order valence-corrected chi connectivity index (χ3v) is 7.28. The van der Waals surface area contributed by atoms with Crippen LogP contribution in [0.2, 0.25) is 0 Å². The lowest BCUT2D eigenvalue weighted by Gasteiger charge is -2.43. The van der Waals surface area contributed by atoms with Crippen LogP contribution < -0.4 is 5.32 Å². The van der Waals surface area contributed by atoms with Crippen molar-refractivity contribution in [2.24, 2.45) is 5.41 Å². The maximum atomic E-state index is 14.0. The Labute approximate surface area is 207 Å². The van der Waals surface area contributed by atoms with Crippen molar-refractivity contribution in [1.29, 1.82) is 0 Å². The first kappa shape index (κ1) is 23.5. The second-order valence-corrected chi connectivity index (χ2v) is 10.3. The summed E-state index contributed by atoms with van der Waals surface area (Å²) < 4.78 is 40.9. The number of anilines is 1. The molecular weight excluding hydrogens is 468 g/mol. The molecule has 2 aromatic heterocycles. The van der Waals surface area contributed by atoms with Gasteiger partial charge in [0.15, 0.2) is 11.6 Å². The van der Waals surface area contributed by atoms with Crippen LogP contribution in [0.4, 0.5) is 14.7 Å². The average Bonchev–Trinajstić information content (AvgIpc) is 3.12. The SMILES string of the molecule is Cc1cnc(NC2COC2)nc1-c1cc2n(c1)CC1(COC1)CN(Cc1cc(F)c(F)cc1CO)C2. The molecule has 0 saturated carbocycles. The van der Waals surface area contributed by atoms with Gasteiger partial charge in [0.2, 0.25) is 5.95 Å². The second kappa shape index (κ2) is 9.19. The van der Waals surface area contributed by atoms with Gasteiger partial charge in [-0.15, -0.1) is 0 Å². The fraction of sp³-hybridized carbons (Fsp3) is 0.462. The smallest absolute Gasteiger partial charge is 0.223 e. The number of aliphatic hydroxyl groups excluding tert-OH is 1. The number of ether oxygens (including phenoxy) is 2. The number of nitrogens with one attached hydrogen (secondary N) is 1. The molecule has 2 saturated heterocycles. The fourth-order valence-corrected chi connectivity index (χ4v) is 5.29. The summed E-state index contributed by atoms with van der Waals surface area (Å²) in [7, 11) is 0. The van der Waals surface area contributed by atoms with Crippen molar-refractivity contribution in [3.63, 3.8) is 0 Å². The lowest BCUT2D eigenvalue weighted by molar-refractivity contribution is -0.132. The van der Waals surface area contributed by atoms with Gasteiger partial charge in [-0.2, -0.15) is 0 Å². The number of fused-ring (bicyclic) bond motifs is 1. The van der Waals surface area contributed by atoms with Crippen molar-refractivity contribution >= 4 is 5.95 Å². The number of hydrogen-bond donors (Lipinski definition) is 2. The second-order valence-electron chi connectivity index (χ2n) is 10.3. The lowest BCUT2D eigenvalue weighted by atomic mass is 9.85. The van der Waals surface area contributed by atoms with Crippen molar-refractivity contribution < 1.29 is 23.4 Å². The van der Waals surface area contributed by atoms with E-state index in [1.54, 1.807) is 0 Å². The molecular formula is C26H29F2N5O3. The van der Waals surface area contributed by atoms with Crippen LogP contribution in [0.5, 0.6) is 0 Å². The highest BCUT2D eigenvalue weighted by Crippen LogP contribution is 2.37. The predicted octanol–water partition coefficient (Wildman–Crippen LogP) is 2.87. The maximum Gasteiger partial charge on any atom is 0.223 e. The zero-order chi connectivity index (χ0) is 24.9. The number of benzene rings is 1. The number of aromatic nitrogens is 3. The van der Waals surface area contributed by atoms with Gasteiger partial charge >= 0.3 is 0 Å². The number of aliphatic hydroxyl groups is 1. The summed E-state index contributed by atoms with van der Waals surface area (Å²) in [6.45, 7) is 6.85. The Morgan fingerprint density at radius 2 is 1.89 bits per heavy atom. The van der Waals surface area contributed by atoms with E-state index >= 15 is 0 Å². The van der Waals surface area contributed by atoms with E-state index in [2.05, 4.69) is 32.0 Å². The minimum atomic E-state index is -0.944. The van der Waals surface area contributed by atoms with Crippen molar-refractivity contribution in [1.82, 2.24) is 19.4 Å². The topological polar surface area (TPSA) is 84.7 Å². The van der Waals surface area contributed by atoms with Crippen LogP contribution in [0.1, 0.15) is 22.4 Å². The molecule has 8 nitrogen and oxygen atoms in total. The van der Waals surface area contributed by atoms with Gasteiger partial charge in [-0.05, 0) is 41.8 Å². The van der Waals surface area contributed by atoms with Crippen molar-refractivity contribution in [3.05, 3.63) is 64.6 Å². The Bertz CT molecular complexity index is 1290. The van der Waals surface area contributed by atoms with Crippen LogP contribution in [0, 0.1) is 24.0 Å². The molecule has 6 rings (SSSR count). The zero-order valence-corrected chi connectivity index (χ0v) is 20.1. The highest BCUT2D eigenvalue weighted by molar-refractivity contribution is 5.64. The molecule has 1 aromatic carbocycles. The first-order valence-electron chi connectivity index (χ1n) is 12.2. The lowest BCUT2D eigenvalue weighted by Crippen LogP contribution is -2.51. The standard InChI is InChI=1S/C26H29F2N5O3/c1-16-5-29-25(30-20-10-35-11-20)31-24(16)18-2-21-8-32(12-26(14-36-15-26)13-33(21)7-18)6-17-3-22(27)23(28)4-19(17)9-34/h2-5,7,20,34H,6,8-15H2,1H3,(H,29,30,31). The van der Waals surface area contributed by atoms with E-state index in [0.717, 1.165) is 41.7 Å².